The van der Waals surface area contributed by atoms with Gasteiger partial charge in [0, 0.05) is 27.4 Å². The van der Waals surface area contributed by atoms with E-state index in [-0.39, 0.29) is 5.91 Å². The Balaban J connectivity index is 2.00. The minimum absolute atomic E-state index is 0.0374. The highest BCUT2D eigenvalue weighted by Gasteiger charge is 2.24. The number of halogens is 1. The quantitative estimate of drug-likeness (QED) is 0.638. The number of hydrogen-bond donors (Lipinski definition) is 2. The Morgan fingerprint density at radius 2 is 2.35 bits per heavy atom. The van der Waals surface area contributed by atoms with Gasteiger partial charge in [0.25, 0.3) is 5.91 Å². The van der Waals surface area contributed by atoms with Gasteiger partial charge in [-0.1, -0.05) is 12.8 Å². The highest BCUT2D eigenvalue weighted by Crippen LogP contribution is 2.24. The molecule has 0 bridgehead atoms. The molecule has 2 aromatic rings. The number of aromatic nitrogens is 2. The molecular weight excluding hydrogens is 349 g/mol. The van der Waals surface area contributed by atoms with Gasteiger partial charge in [0.15, 0.2) is 5.65 Å². The highest BCUT2D eigenvalue weighted by atomic mass is 127. The van der Waals surface area contributed by atoms with Crippen molar-refractivity contribution in [1.82, 2.24) is 14.3 Å². The smallest absolute Gasteiger partial charge is 0.253 e. The van der Waals surface area contributed by atoms with Gasteiger partial charge in [-0.3, -0.25) is 8.77 Å². The van der Waals surface area contributed by atoms with Gasteiger partial charge in [-0.25, -0.2) is 4.98 Å². The summed E-state index contributed by atoms with van der Waals surface area (Å²) in [5.74, 6) is -0.0374. The number of pyridine rings is 1. The van der Waals surface area contributed by atoms with Gasteiger partial charge in [-0.05, 0) is 41.5 Å². The van der Waals surface area contributed by atoms with Crippen LogP contribution >= 0.6 is 35.4 Å². The summed E-state index contributed by atoms with van der Waals surface area (Å²) in [7, 11) is 0. The minimum atomic E-state index is -0.0374. The van der Waals surface area contributed by atoms with Crippen molar-refractivity contribution >= 4 is 52.3 Å². The Bertz CT molecular complexity index is 606. The van der Waals surface area contributed by atoms with E-state index >= 15 is 0 Å². The lowest BCUT2D eigenvalue weighted by Gasteiger charge is -2.03. The van der Waals surface area contributed by atoms with Crippen LogP contribution in [0.2, 0.25) is 0 Å². The largest absolute Gasteiger partial charge is 0.349 e. The molecule has 1 amide bonds. The van der Waals surface area contributed by atoms with Gasteiger partial charge in [0.05, 0.1) is 5.56 Å². The molecule has 0 saturated heterocycles. The van der Waals surface area contributed by atoms with Crippen LogP contribution in [0.1, 0.15) is 23.2 Å². The Morgan fingerprint density at radius 1 is 1.59 bits per heavy atom. The molecule has 2 aromatic heterocycles. The molecule has 1 N–H and O–H groups in total. The lowest BCUT2D eigenvalue weighted by atomic mass is 10.2. The second-order valence-electron chi connectivity index (χ2n) is 4.16. The number of nitrogens with zero attached hydrogens (tertiary/aromatic N) is 2. The Kier molecular flexibility index (Phi) is 2.78. The van der Waals surface area contributed by atoms with Crippen LogP contribution in [0.15, 0.2) is 18.5 Å². The van der Waals surface area contributed by atoms with Gasteiger partial charge in [0.2, 0.25) is 0 Å². The molecule has 88 valence electrons. The zero-order chi connectivity index (χ0) is 12.0. The summed E-state index contributed by atoms with van der Waals surface area (Å²) in [5, 5.41) is 3.92. The van der Waals surface area contributed by atoms with E-state index in [0.717, 1.165) is 27.4 Å². The predicted molar refractivity (Wildman–Crippen MR) is 77.3 cm³/mol. The number of carbonyl (C=O) groups excluding carboxylic acids is 1. The van der Waals surface area contributed by atoms with E-state index in [2.05, 4.69) is 45.7 Å². The van der Waals surface area contributed by atoms with Crippen molar-refractivity contribution in [2.45, 2.75) is 18.9 Å². The molecule has 1 fully saturated rings. The Labute approximate surface area is 117 Å². The zero-order valence-electron chi connectivity index (χ0n) is 8.85. The third-order valence-corrected chi connectivity index (χ3v) is 3.92. The first-order valence-electron chi connectivity index (χ1n) is 5.32. The topological polar surface area (TPSA) is 46.9 Å². The molecule has 4 nitrogen and oxygen atoms in total. The molecule has 17 heavy (non-hydrogen) atoms. The molecule has 6 heteroatoms. The fraction of sp³-hybridized carbons (Fsp3) is 0.273. The van der Waals surface area contributed by atoms with E-state index in [1.807, 2.05) is 12.3 Å². The summed E-state index contributed by atoms with van der Waals surface area (Å²) in [5.41, 5.74) is 1.39. The Morgan fingerprint density at radius 3 is 3.06 bits per heavy atom. The summed E-state index contributed by atoms with van der Waals surface area (Å²) in [6.07, 6.45) is 5.66. The minimum Gasteiger partial charge on any atom is -0.349 e. The van der Waals surface area contributed by atoms with Gasteiger partial charge in [-0.2, -0.15) is 0 Å². The van der Waals surface area contributed by atoms with Crippen molar-refractivity contribution in [3.05, 3.63) is 27.6 Å². The number of nitrogens with one attached hydrogen (secondary N) is 1. The standard InChI is InChI=1S/C11H10IN3OS/c12-9-5-15(17)10-8(9)3-6(4-13-10)11(16)14-7-1-2-7/h3-5,7,17H,1-2H2,(H,14,16). The number of carbonyl (C=O) groups is 1. The van der Waals surface area contributed by atoms with Crippen LogP contribution in [0.25, 0.3) is 11.0 Å². The van der Waals surface area contributed by atoms with E-state index in [4.69, 9.17) is 0 Å². The monoisotopic (exact) mass is 359 g/mol. The molecule has 0 spiro atoms. The molecule has 0 aliphatic heterocycles. The summed E-state index contributed by atoms with van der Waals surface area (Å²) >= 11 is 6.49. The number of thiol groups is 1. The van der Waals surface area contributed by atoms with Crippen molar-refractivity contribution in [1.29, 1.82) is 0 Å². The van der Waals surface area contributed by atoms with E-state index in [0.29, 0.717) is 11.6 Å². The molecule has 1 aliphatic carbocycles. The molecule has 0 aromatic carbocycles. The van der Waals surface area contributed by atoms with Crippen molar-refractivity contribution in [2.24, 2.45) is 0 Å². The number of hydrogen-bond acceptors (Lipinski definition) is 3. The summed E-state index contributed by atoms with van der Waals surface area (Å²) in [4.78, 5) is 16.1. The van der Waals surface area contributed by atoms with Crippen LogP contribution in [0, 0.1) is 3.57 Å². The average Bonchev–Trinajstić information content (AvgIpc) is 3.07. The van der Waals surface area contributed by atoms with E-state index < -0.39 is 0 Å². The first-order valence-corrected chi connectivity index (χ1v) is 6.80. The normalized spacial score (nSPS) is 15.2. The molecule has 0 radical (unpaired) electrons. The molecule has 2 heterocycles. The fourth-order valence-electron chi connectivity index (χ4n) is 1.67. The SMILES string of the molecule is O=C(NC1CC1)c1cnc2c(c1)c(I)cn2S. The summed E-state index contributed by atoms with van der Waals surface area (Å²) in [6, 6.07) is 2.24. The van der Waals surface area contributed by atoms with Gasteiger partial charge in [-0.15, -0.1) is 0 Å². The second kappa shape index (κ2) is 4.16. The summed E-state index contributed by atoms with van der Waals surface area (Å²) < 4.78 is 2.71. The van der Waals surface area contributed by atoms with Gasteiger partial charge >= 0.3 is 0 Å². The van der Waals surface area contributed by atoms with E-state index in [1.165, 1.54) is 0 Å². The van der Waals surface area contributed by atoms with Crippen LogP contribution in [0.5, 0.6) is 0 Å². The average molecular weight is 359 g/mol. The molecule has 1 aliphatic rings. The first kappa shape index (κ1) is 11.3. The van der Waals surface area contributed by atoms with E-state index in [1.54, 1.807) is 10.2 Å². The fourth-order valence-corrected chi connectivity index (χ4v) is 2.85. The van der Waals surface area contributed by atoms with Crippen LogP contribution < -0.4 is 5.32 Å². The van der Waals surface area contributed by atoms with Crippen molar-refractivity contribution < 1.29 is 4.79 Å². The molecule has 1 saturated carbocycles. The number of fused-ring (bicyclic) bond motifs is 1. The lowest BCUT2D eigenvalue weighted by Crippen LogP contribution is -2.25. The third-order valence-electron chi connectivity index (χ3n) is 2.75. The maximum Gasteiger partial charge on any atom is 0.253 e. The van der Waals surface area contributed by atoms with Gasteiger partial charge in [0.1, 0.15) is 0 Å². The van der Waals surface area contributed by atoms with Crippen molar-refractivity contribution in [3.63, 3.8) is 0 Å². The number of amides is 1. The summed E-state index contributed by atoms with van der Waals surface area (Å²) in [6.45, 7) is 0. The lowest BCUT2D eigenvalue weighted by molar-refractivity contribution is 0.0951. The zero-order valence-corrected chi connectivity index (χ0v) is 11.9. The predicted octanol–water partition coefficient (Wildman–Crippen LogP) is 2.23. The maximum absolute atomic E-state index is 11.9. The first-order chi connectivity index (χ1) is 8.15. The van der Waals surface area contributed by atoms with Gasteiger partial charge < -0.3 is 5.32 Å². The van der Waals surface area contributed by atoms with Crippen LogP contribution in [-0.2, 0) is 0 Å². The maximum atomic E-state index is 11.9. The number of rotatable bonds is 2. The molecule has 0 atom stereocenters. The molecule has 3 rings (SSSR count). The van der Waals surface area contributed by atoms with Crippen LogP contribution in [0.3, 0.4) is 0 Å². The molecular formula is C11H10IN3OS. The second-order valence-corrected chi connectivity index (χ2v) is 5.76. The highest BCUT2D eigenvalue weighted by molar-refractivity contribution is 14.1. The third kappa shape index (κ3) is 2.15. The Hall–Kier alpha value is -0.760. The van der Waals surface area contributed by atoms with Crippen molar-refractivity contribution in [3.8, 4) is 0 Å². The van der Waals surface area contributed by atoms with E-state index in [9.17, 15) is 4.79 Å². The van der Waals surface area contributed by atoms with Crippen LogP contribution in [-0.4, -0.2) is 20.9 Å². The van der Waals surface area contributed by atoms with Crippen LogP contribution in [0.4, 0.5) is 0 Å². The van der Waals surface area contributed by atoms with Crippen molar-refractivity contribution in [2.75, 3.05) is 0 Å². The molecule has 0 unspecified atom stereocenters.